The lowest BCUT2D eigenvalue weighted by atomic mass is 10.2. The number of hydrogen-bond acceptors (Lipinski definition) is 4. The third-order valence-electron chi connectivity index (χ3n) is 1.66. The summed E-state index contributed by atoms with van der Waals surface area (Å²) in [5.41, 5.74) is 5.30. The van der Waals surface area contributed by atoms with E-state index in [1.165, 1.54) is 14.0 Å². The van der Waals surface area contributed by atoms with Gasteiger partial charge in [0.15, 0.2) is 11.5 Å². The molecule has 1 aromatic rings. The molecule has 1 heterocycles. The van der Waals surface area contributed by atoms with Crippen molar-refractivity contribution in [1.82, 2.24) is 4.98 Å². The van der Waals surface area contributed by atoms with Crippen LogP contribution in [0.15, 0.2) is 4.47 Å². The molecule has 1 aromatic heterocycles. The van der Waals surface area contributed by atoms with E-state index in [0.717, 1.165) is 0 Å². The van der Waals surface area contributed by atoms with Crippen molar-refractivity contribution in [3.63, 3.8) is 0 Å². The molecule has 0 radical (unpaired) electrons. The molecule has 0 aromatic carbocycles. The second-order valence-corrected chi connectivity index (χ2v) is 3.37. The molecule has 0 fully saturated rings. The van der Waals surface area contributed by atoms with Gasteiger partial charge in [-0.15, -0.1) is 0 Å². The highest BCUT2D eigenvalue weighted by Crippen LogP contribution is 2.27. The SMILES string of the molecule is COC(=O)c1nc(C)c(F)c(N)c1Br. The maximum atomic E-state index is 13.2. The van der Waals surface area contributed by atoms with Gasteiger partial charge in [0.25, 0.3) is 0 Å². The van der Waals surface area contributed by atoms with E-state index >= 15 is 0 Å². The highest BCUT2D eigenvalue weighted by molar-refractivity contribution is 9.10. The van der Waals surface area contributed by atoms with Crippen LogP contribution in [0.4, 0.5) is 10.1 Å². The van der Waals surface area contributed by atoms with E-state index < -0.39 is 11.8 Å². The molecule has 0 unspecified atom stereocenters. The molecule has 2 N–H and O–H groups in total. The predicted molar refractivity (Wildman–Crippen MR) is 52.4 cm³/mol. The van der Waals surface area contributed by atoms with Crippen LogP contribution < -0.4 is 5.73 Å². The number of esters is 1. The molecule has 0 saturated heterocycles. The van der Waals surface area contributed by atoms with Gasteiger partial charge in [0, 0.05) is 0 Å². The van der Waals surface area contributed by atoms with Gasteiger partial charge in [-0.1, -0.05) is 0 Å². The topological polar surface area (TPSA) is 65.2 Å². The fraction of sp³-hybridized carbons (Fsp3) is 0.250. The number of methoxy groups -OCH3 is 1. The molecule has 0 spiro atoms. The Morgan fingerprint density at radius 3 is 2.71 bits per heavy atom. The number of aromatic nitrogens is 1. The van der Waals surface area contributed by atoms with Crippen molar-refractivity contribution < 1.29 is 13.9 Å². The number of rotatable bonds is 1. The van der Waals surface area contributed by atoms with Crippen LogP contribution in [-0.4, -0.2) is 18.1 Å². The number of pyridine rings is 1. The third-order valence-corrected chi connectivity index (χ3v) is 2.46. The summed E-state index contributed by atoms with van der Waals surface area (Å²) in [5.74, 6) is -1.30. The fourth-order valence-corrected chi connectivity index (χ4v) is 1.34. The van der Waals surface area contributed by atoms with Gasteiger partial charge in [-0.05, 0) is 22.9 Å². The van der Waals surface area contributed by atoms with Crippen LogP contribution >= 0.6 is 15.9 Å². The van der Waals surface area contributed by atoms with E-state index in [-0.39, 0.29) is 21.5 Å². The Labute approximate surface area is 88.4 Å². The van der Waals surface area contributed by atoms with E-state index in [1.807, 2.05) is 0 Å². The summed E-state index contributed by atoms with van der Waals surface area (Å²) >= 11 is 2.98. The van der Waals surface area contributed by atoms with Crippen LogP contribution in [0.1, 0.15) is 16.2 Å². The van der Waals surface area contributed by atoms with Gasteiger partial charge >= 0.3 is 5.97 Å². The average Bonchev–Trinajstić information content (AvgIpc) is 2.19. The largest absolute Gasteiger partial charge is 0.464 e. The van der Waals surface area contributed by atoms with Crippen LogP contribution in [0.3, 0.4) is 0 Å². The highest BCUT2D eigenvalue weighted by Gasteiger charge is 2.19. The molecule has 76 valence electrons. The van der Waals surface area contributed by atoms with Crippen LogP contribution in [0.5, 0.6) is 0 Å². The third kappa shape index (κ3) is 1.70. The van der Waals surface area contributed by atoms with Gasteiger partial charge in [-0.3, -0.25) is 0 Å². The predicted octanol–water partition coefficient (Wildman–Crippen LogP) is 1.66. The molecule has 0 atom stereocenters. The molecule has 0 amide bonds. The van der Waals surface area contributed by atoms with Gasteiger partial charge < -0.3 is 10.5 Å². The summed E-state index contributed by atoms with van der Waals surface area (Å²) in [5, 5.41) is 0. The highest BCUT2D eigenvalue weighted by atomic mass is 79.9. The molecule has 0 saturated carbocycles. The Morgan fingerprint density at radius 1 is 1.64 bits per heavy atom. The number of carbonyl (C=O) groups excluding carboxylic acids is 1. The van der Waals surface area contributed by atoms with Crippen molar-refractivity contribution in [3.05, 3.63) is 21.7 Å². The number of nitrogen functional groups attached to an aromatic ring is 1. The lowest BCUT2D eigenvalue weighted by Crippen LogP contribution is -2.10. The first-order valence-corrected chi connectivity index (χ1v) is 4.47. The molecule has 1 rings (SSSR count). The van der Waals surface area contributed by atoms with Crippen molar-refractivity contribution in [1.29, 1.82) is 0 Å². The number of anilines is 1. The zero-order valence-corrected chi connectivity index (χ0v) is 9.18. The number of hydrogen-bond donors (Lipinski definition) is 1. The lowest BCUT2D eigenvalue weighted by Gasteiger charge is -2.07. The number of carbonyl (C=O) groups is 1. The van der Waals surface area contributed by atoms with Crippen LogP contribution in [0.2, 0.25) is 0 Å². The summed E-state index contributed by atoms with van der Waals surface area (Å²) in [6.07, 6.45) is 0. The first-order chi connectivity index (χ1) is 6.49. The molecular formula is C8H8BrFN2O2. The van der Waals surface area contributed by atoms with Crippen molar-refractivity contribution in [2.75, 3.05) is 12.8 Å². The monoisotopic (exact) mass is 262 g/mol. The van der Waals surface area contributed by atoms with Crippen molar-refractivity contribution in [3.8, 4) is 0 Å². The summed E-state index contributed by atoms with van der Waals surface area (Å²) in [4.78, 5) is 14.9. The Hall–Kier alpha value is -1.17. The zero-order chi connectivity index (χ0) is 10.9. The molecule has 0 bridgehead atoms. The maximum absolute atomic E-state index is 13.2. The Balaban J connectivity index is 3.40. The van der Waals surface area contributed by atoms with Gasteiger partial charge in [0.1, 0.15) is 0 Å². The smallest absolute Gasteiger partial charge is 0.357 e. The quantitative estimate of drug-likeness (QED) is 0.782. The summed E-state index contributed by atoms with van der Waals surface area (Å²) in [6.45, 7) is 1.42. The minimum absolute atomic E-state index is 0.0242. The Morgan fingerprint density at radius 2 is 2.21 bits per heavy atom. The number of nitrogens with two attached hydrogens (primary N) is 1. The van der Waals surface area contributed by atoms with Gasteiger partial charge in [-0.25, -0.2) is 14.2 Å². The normalized spacial score (nSPS) is 10.0. The van der Waals surface area contributed by atoms with E-state index in [0.29, 0.717) is 0 Å². The van der Waals surface area contributed by atoms with Gasteiger partial charge in [0.2, 0.25) is 0 Å². The number of ether oxygens (including phenoxy) is 1. The summed E-state index contributed by atoms with van der Waals surface area (Å²) < 4.78 is 17.7. The summed E-state index contributed by atoms with van der Waals surface area (Å²) in [7, 11) is 1.21. The average molecular weight is 263 g/mol. The van der Waals surface area contributed by atoms with Crippen LogP contribution in [0.25, 0.3) is 0 Å². The second-order valence-electron chi connectivity index (χ2n) is 2.58. The standard InChI is InChI=1S/C8H8BrFN2O2/c1-3-5(10)6(11)4(9)7(12-3)8(13)14-2/h1-2H3,(H2,11,12). The lowest BCUT2D eigenvalue weighted by molar-refractivity contribution is 0.0592. The molecule has 6 heteroatoms. The molecule has 14 heavy (non-hydrogen) atoms. The van der Waals surface area contributed by atoms with E-state index in [2.05, 4.69) is 25.7 Å². The molecule has 0 aliphatic heterocycles. The van der Waals surface area contributed by atoms with Crippen molar-refractivity contribution in [2.24, 2.45) is 0 Å². The summed E-state index contributed by atoms with van der Waals surface area (Å²) in [6, 6.07) is 0. The van der Waals surface area contributed by atoms with Gasteiger partial charge in [0.05, 0.1) is 23.0 Å². The van der Waals surface area contributed by atoms with Gasteiger partial charge in [-0.2, -0.15) is 0 Å². The van der Waals surface area contributed by atoms with E-state index in [9.17, 15) is 9.18 Å². The maximum Gasteiger partial charge on any atom is 0.357 e. The number of nitrogens with zero attached hydrogens (tertiary/aromatic N) is 1. The van der Waals surface area contributed by atoms with Crippen molar-refractivity contribution in [2.45, 2.75) is 6.92 Å². The minimum Gasteiger partial charge on any atom is -0.464 e. The molecular weight excluding hydrogens is 255 g/mol. The van der Waals surface area contributed by atoms with E-state index in [1.54, 1.807) is 0 Å². The second kappa shape index (κ2) is 3.91. The first kappa shape index (κ1) is 10.9. The number of halogens is 2. The van der Waals surface area contributed by atoms with Crippen molar-refractivity contribution >= 4 is 27.6 Å². The number of aryl methyl sites for hydroxylation is 1. The Bertz CT molecular complexity index is 395. The zero-order valence-electron chi connectivity index (χ0n) is 7.60. The first-order valence-electron chi connectivity index (χ1n) is 3.68. The molecule has 4 nitrogen and oxygen atoms in total. The minimum atomic E-state index is -0.660. The molecule has 0 aliphatic rings. The Kier molecular flexibility index (Phi) is 3.05. The van der Waals surface area contributed by atoms with Crippen LogP contribution in [-0.2, 0) is 4.74 Å². The van der Waals surface area contributed by atoms with E-state index in [4.69, 9.17) is 5.73 Å². The molecule has 0 aliphatic carbocycles. The van der Waals surface area contributed by atoms with Crippen LogP contribution in [0, 0.1) is 12.7 Å². The fourth-order valence-electron chi connectivity index (χ4n) is 0.917.